The first-order chi connectivity index (χ1) is 17.5. The van der Waals surface area contributed by atoms with Crippen LogP contribution in [-0.4, -0.2) is 72.3 Å². The van der Waals surface area contributed by atoms with Crippen LogP contribution < -0.4 is 21.7 Å². The number of likely N-dealkylation sites (tertiary alicyclic amines) is 1. The van der Waals surface area contributed by atoms with E-state index >= 15 is 0 Å². The highest BCUT2D eigenvalue weighted by atomic mass is 79.9. The van der Waals surface area contributed by atoms with Crippen LogP contribution >= 0.6 is 15.9 Å². The second-order valence-corrected chi connectivity index (χ2v) is 10.4. The summed E-state index contributed by atoms with van der Waals surface area (Å²) < 4.78 is 14.0. The number of benzene rings is 1. The van der Waals surface area contributed by atoms with Crippen molar-refractivity contribution in [2.45, 2.75) is 64.6 Å². The van der Waals surface area contributed by atoms with Crippen molar-refractivity contribution in [3.05, 3.63) is 33.8 Å². The van der Waals surface area contributed by atoms with Crippen molar-refractivity contribution < 1.29 is 23.6 Å². The van der Waals surface area contributed by atoms with E-state index in [9.17, 15) is 23.6 Å². The lowest BCUT2D eigenvalue weighted by Crippen LogP contribution is -2.56. The standard InChI is InChI=1S/C25H36BrFN6O4/c1-14(2)21(32-22(35)17-9-8-16(26)12-15(17)3)24(37)33-11-5-7-19(33)23(36)31-18(20(34)13-27)6-4-10-30-25(28)29/h8-9,12,14,18-19,21H,4-7,10-11,13H2,1-3H3,(H,31,36)(H,32,35)(H4,28,29,30)/t18?,19-,21?/m0/s1. The number of alkyl halides is 1. The normalized spacial score (nSPS) is 16.7. The first kappa shape index (κ1) is 30.2. The topological polar surface area (TPSA) is 157 Å². The zero-order valence-corrected chi connectivity index (χ0v) is 23.0. The lowest BCUT2D eigenvalue weighted by molar-refractivity contribution is -0.141. The van der Waals surface area contributed by atoms with Gasteiger partial charge >= 0.3 is 0 Å². The molecular formula is C25H36BrFN6O4. The highest BCUT2D eigenvalue weighted by Crippen LogP contribution is 2.22. The molecule has 6 N–H and O–H groups in total. The van der Waals surface area contributed by atoms with Crippen LogP contribution in [0.2, 0.25) is 0 Å². The van der Waals surface area contributed by atoms with Gasteiger partial charge in [0.05, 0.1) is 6.04 Å². The molecule has 12 heteroatoms. The summed E-state index contributed by atoms with van der Waals surface area (Å²) in [5, 5.41) is 15.2. The largest absolute Gasteiger partial charge is 0.370 e. The number of aryl methyl sites for hydroxylation is 1. The number of nitrogens with zero attached hydrogens (tertiary/aromatic N) is 1. The smallest absolute Gasteiger partial charge is 0.252 e. The maximum atomic E-state index is 13.5. The third-order valence-electron chi connectivity index (χ3n) is 6.31. The fourth-order valence-electron chi connectivity index (χ4n) is 4.30. The average Bonchev–Trinajstić information content (AvgIpc) is 3.33. The SMILES string of the molecule is Cc1cc(Br)ccc1C(=O)NC(C(=O)N1CCC[C@H]1C(=O)NC(CCCNC(=N)N)C(=O)CF)C(C)C. The summed E-state index contributed by atoms with van der Waals surface area (Å²) in [5.74, 6) is -2.52. The Balaban J connectivity index is 2.11. The Morgan fingerprint density at radius 3 is 2.54 bits per heavy atom. The van der Waals surface area contributed by atoms with E-state index in [2.05, 4.69) is 31.9 Å². The van der Waals surface area contributed by atoms with E-state index in [0.29, 0.717) is 37.9 Å². The molecule has 1 aromatic rings. The summed E-state index contributed by atoms with van der Waals surface area (Å²) in [6.45, 7) is 4.83. The maximum absolute atomic E-state index is 13.5. The second kappa shape index (κ2) is 14.1. The third-order valence-corrected chi connectivity index (χ3v) is 6.81. The first-order valence-electron chi connectivity index (χ1n) is 12.3. The molecule has 3 atom stereocenters. The molecule has 3 amide bonds. The summed E-state index contributed by atoms with van der Waals surface area (Å²) >= 11 is 3.37. The second-order valence-electron chi connectivity index (χ2n) is 9.49. The zero-order valence-electron chi connectivity index (χ0n) is 21.4. The number of hydrogen-bond acceptors (Lipinski definition) is 5. The van der Waals surface area contributed by atoms with Crippen LogP contribution in [0.3, 0.4) is 0 Å². The van der Waals surface area contributed by atoms with Gasteiger partial charge in [0.1, 0.15) is 18.8 Å². The van der Waals surface area contributed by atoms with Gasteiger partial charge in [-0.25, -0.2) is 4.39 Å². The van der Waals surface area contributed by atoms with Gasteiger partial charge in [0.25, 0.3) is 5.91 Å². The zero-order chi connectivity index (χ0) is 27.7. The first-order valence-corrected chi connectivity index (χ1v) is 13.1. The Kier molecular flexibility index (Phi) is 11.5. The molecule has 0 saturated carbocycles. The Morgan fingerprint density at radius 2 is 1.95 bits per heavy atom. The van der Waals surface area contributed by atoms with Crippen molar-refractivity contribution in [2.75, 3.05) is 19.8 Å². The van der Waals surface area contributed by atoms with E-state index in [1.165, 1.54) is 4.90 Å². The lowest BCUT2D eigenvalue weighted by Gasteiger charge is -2.31. The van der Waals surface area contributed by atoms with E-state index in [4.69, 9.17) is 11.1 Å². The molecule has 1 aliphatic rings. The lowest BCUT2D eigenvalue weighted by atomic mass is 10.0. The van der Waals surface area contributed by atoms with Gasteiger partial charge in [0.15, 0.2) is 11.7 Å². The van der Waals surface area contributed by atoms with E-state index in [-0.39, 0.29) is 30.1 Å². The number of halogens is 2. The van der Waals surface area contributed by atoms with Crippen LogP contribution in [0.4, 0.5) is 4.39 Å². The van der Waals surface area contributed by atoms with Crippen molar-refractivity contribution in [3.8, 4) is 0 Å². The van der Waals surface area contributed by atoms with Crippen LogP contribution in [0.5, 0.6) is 0 Å². The maximum Gasteiger partial charge on any atom is 0.252 e. The van der Waals surface area contributed by atoms with Crippen molar-refractivity contribution in [2.24, 2.45) is 11.7 Å². The number of rotatable bonds is 12. The summed E-state index contributed by atoms with van der Waals surface area (Å²) in [6.07, 6.45) is 1.51. The number of guanidine groups is 1. The summed E-state index contributed by atoms with van der Waals surface area (Å²) in [7, 11) is 0. The van der Waals surface area contributed by atoms with Crippen LogP contribution in [0.1, 0.15) is 55.5 Å². The van der Waals surface area contributed by atoms with Gasteiger partial charge in [-0.3, -0.25) is 24.6 Å². The van der Waals surface area contributed by atoms with Crippen molar-refractivity contribution in [3.63, 3.8) is 0 Å². The number of carbonyl (C=O) groups excluding carboxylic acids is 4. The minimum absolute atomic E-state index is 0.159. The van der Waals surface area contributed by atoms with Gasteiger partial charge in [0.2, 0.25) is 11.8 Å². The molecule has 204 valence electrons. The van der Waals surface area contributed by atoms with Gasteiger partial charge in [-0.1, -0.05) is 29.8 Å². The van der Waals surface area contributed by atoms with E-state index in [1.807, 2.05) is 19.9 Å². The number of nitrogens with one attached hydrogen (secondary N) is 4. The number of hydrogen-bond donors (Lipinski definition) is 5. The number of Topliss-reactive ketones (excluding diaryl/α,β-unsaturated/α-hetero) is 1. The molecule has 2 unspecified atom stereocenters. The predicted octanol–water partition coefficient (Wildman–Crippen LogP) is 1.79. The molecule has 1 fully saturated rings. The molecule has 0 aromatic heterocycles. The summed E-state index contributed by atoms with van der Waals surface area (Å²) in [5.41, 5.74) is 6.43. The van der Waals surface area contributed by atoms with Crippen LogP contribution in [0.15, 0.2) is 22.7 Å². The van der Waals surface area contributed by atoms with Gasteiger partial charge in [-0.15, -0.1) is 0 Å². The molecule has 1 heterocycles. The van der Waals surface area contributed by atoms with E-state index < -0.39 is 36.5 Å². The average molecular weight is 584 g/mol. The quantitative estimate of drug-likeness (QED) is 0.144. The van der Waals surface area contributed by atoms with Gasteiger partial charge in [-0.2, -0.15) is 0 Å². The number of ketones is 1. The monoisotopic (exact) mass is 582 g/mol. The Bertz CT molecular complexity index is 1020. The van der Waals surface area contributed by atoms with E-state index in [0.717, 1.165) is 10.0 Å². The summed E-state index contributed by atoms with van der Waals surface area (Å²) in [4.78, 5) is 53.1. The summed E-state index contributed by atoms with van der Waals surface area (Å²) in [6, 6.07) is 2.50. The van der Waals surface area contributed by atoms with Gasteiger partial charge in [-0.05, 0) is 62.3 Å². The molecule has 2 rings (SSSR count). The van der Waals surface area contributed by atoms with Crippen molar-refractivity contribution in [1.82, 2.24) is 20.9 Å². The number of nitrogens with two attached hydrogens (primary N) is 1. The third kappa shape index (κ3) is 8.51. The fourth-order valence-corrected chi connectivity index (χ4v) is 4.78. The van der Waals surface area contributed by atoms with Crippen molar-refractivity contribution in [1.29, 1.82) is 5.41 Å². The molecule has 37 heavy (non-hydrogen) atoms. The van der Waals surface area contributed by atoms with Crippen LogP contribution in [0.25, 0.3) is 0 Å². The molecule has 1 saturated heterocycles. The van der Waals surface area contributed by atoms with Crippen molar-refractivity contribution >= 4 is 45.4 Å². The molecule has 0 aliphatic carbocycles. The van der Waals surface area contributed by atoms with Gasteiger partial charge in [0, 0.05) is 23.1 Å². The highest BCUT2D eigenvalue weighted by Gasteiger charge is 2.39. The Labute approximate surface area is 224 Å². The predicted molar refractivity (Wildman–Crippen MR) is 142 cm³/mol. The van der Waals surface area contributed by atoms with Gasteiger partial charge < -0.3 is 26.6 Å². The molecule has 10 nitrogen and oxygen atoms in total. The number of carbonyl (C=O) groups is 4. The fraction of sp³-hybridized carbons (Fsp3) is 0.560. The van der Waals surface area contributed by atoms with Crippen LogP contribution in [0, 0.1) is 18.3 Å². The molecule has 0 spiro atoms. The van der Waals surface area contributed by atoms with E-state index in [1.54, 1.807) is 19.1 Å². The molecule has 0 radical (unpaired) electrons. The minimum atomic E-state index is -1.23. The highest BCUT2D eigenvalue weighted by molar-refractivity contribution is 9.10. The molecule has 1 aromatic carbocycles. The Hall–Kier alpha value is -3.02. The minimum Gasteiger partial charge on any atom is -0.370 e. The Morgan fingerprint density at radius 1 is 1.24 bits per heavy atom. The molecule has 0 bridgehead atoms. The number of amides is 3. The van der Waals surface area contributed by atoms with Crippen LogP contribution in [-0.2, 0) is 14.4 Å². The molecular weight excluding hydrogens is 547 g/mol. The molecule has 1 aliphatic heterocycles.